The predicted octanol–water partition coefficient (Wildman–Crippen LogP) is 0.953. The fourth-order valence-corrected chi connectivity index (χ4v) is 5.13. The van der Waals surface area contributed by atoms with Gasteiger partial charge in [0.25, 0.3) is 0 Å². The van der Waals surface area contributed by atoms with Crippen LogP contribution in [0, 0.1) is 5.41 Å². The third-order valence-electron chi connectivity index (χ3n) is 3.94. The Labute approximate surface area is 86.2 Å². The Kier molecular flexibility index (Phi) is 2.60. The fourth-order valence-electron chi connectivity index (χ4n) is 3.27. The van der Waals surface area contributed by atoms with Crippen LogP contribution in [0.2, 0.25) is 0 Å². The second kappa shape index (κ2) is 3.49. The van der Waals surface area contributed by atoms with Gasteiger partial charge in [-0.25, -0.2) is 8.42 Å². The molecule has 1 heterocycles. The van der Waals surface area contributed by atoms with Crippen LogP contribution in [0.4, 0.5) is 0 Å². The van der Waals surface area contributed by atoms with Crippen molar-refractivity contribution in [2.24, 2.45) is 5.41 Å². The first kappa shape index (κ1) is 10.4. The van der Waals surface area contributed by atoms with Crippen molar-refractivity contribution in [1.82, 2.24) is 5.32 Å². The molecule has 1 saturated heterocycles. The zero-order valence-electron chi connectivity index (χ0n) is 8.75. The number of hydrogen-bond acceptors (Lipinski definition) is 3. The molecule has 82 valence electrons. The second-order valence-corrected chi connectivity index (χ2v) is 7.05. The molecule has 0 aromatic rings. The van der Waals surface area contributed by atoms with E-state index in [1.807, 2.05) is 0 Å². The van der Waals surface area contributed by atoms with Crippen molar-refractivity contribution in [2.45, 2.75) is 37.4 Å². The molecule has 1 N–H and O–H groups in total. The molecule has 3 nitrogen and oxygen atoms in total. The zero-order valence-corrected chi connectivity index (χ0v) is 9.57. The third-order valence-corrected chi connectivity index (χ3v) is 5.71. The lowest BCUT2D eigenvalue weighted by atomic mass is 9.77. The average Bonchev–Trinajstić information content (AvgIpc) is 2.49. The SMILES string of the molecule is CS(=O)(=O)C1CCCC12CCNCC2. The van der Waals surface area contributed by atoms with Gasteiger partial charge in [-0.3, -0.25) is 0 Å². The van der Waals surface area contributed by atoms with E-state index in [-0.39, 0.29) is 10.7 Å². The highest BCUT2D eigenvalue weighted by molar-refractivity contribution is 7.91. The first-order chi connectivity index (χ1) is 6.55. The minimum Gasteiger partial charge on any atom is -0.317 e. The van der Waals surface area contributed by atoms with E-state index in [4.69, 9.17) is 0 Å². The van der Waals surface area contributed by atoms with E-state index in [1.54, 1.807) is 0 Å². The molecule has 1 unspecified atom stereocenters. The van der Waals surface area contributed by atoms with E-state index < -0.39 is 9.84 Å². The van der Waals surface area contributed by atoms with Gasteiger partial charge in [-0.2, -0.15) is 0 Å². The molecule has 1 atom stereocenters. The molecule has 1 aliphatic heterocycles. The number of rotatable bonds is 1. The Morgan fingerprint density at radius 2 is 1.86 bits per heavy atom. The van der Waals surface area contributed by atoms with E-state index in [9.17, 15) is 8.42 Å². The lowest BCUT2D eigenvalue weighted by Gasteiger charge is -2.38. The molecule has 0 aromatic carbocycles. The minimum absolute atomic E-state index is 0.0582. The highest BCUT2D eigenvalue weighted by atomic mass is 32.2. The van der Waals surface area contributed by atoms with Crippen molar-refractivity contribution in [3.8, 4) is 0 Å². The molecule has 1 spiro atoms. The Morgan fingerprint density at radius 1 is 1.21 bits per heavy atom. The van der Waals surface area contributed by atoms with Gasteiger partial charge in [-0.15, -0.1) is 0 Å². The second-order valence-electron chi connectivity index (χ2n) is 4.82. The molecule has 0 amide bonds. The van der Waals surface area contributed by atoms with E-state index in [0.717, 1.165) is 45.2 Å². The smallest absolute Gasteiger partial charge is 0.150 e. The van der Waals surface area contributed by atoms with Crippen molar-refractivity contribution >= 4 is 9.84 Å². The number of nitrogens with one attached hydrogen (secondary N) is 1. The van der Waals surface area contributed by atoms with Crippen LogP contribution in [0.15, 0.2) is 0 Å². The first-order valence-corrected chi connectivity index (χ1v) is 7.40. The quantitative estimate of drug-likeness (QED) is 0.711. The van der Waals surface area contributed by atoms with Crippen molar-refractivity contribution < 1.29 is 8.42 Å². The molecule has 2 rings (SSSR count). The van der Waals surface area contributed by atoms with Crippen molar-refractivity contribution in [3.05, 3.63) is 0 Å². The zero-order chi connectivity index (χ0) is 10.2. The Morgan fingerprint density at radius 3 is 2.43 bits per heavy atom. The maximum atomic E-state index is 11.7. The molecular formula is C10H19NO2S. The normalized spacial score (nSPS) is 32.2. The van der Waals surface area contributed by atoms with Gasteiger partial charge in [0.2, 0.25) is 0 Å². The van der Waals surface area contributed by atoms with Crippen LogP contribution in [0.3, 0.4) is 0 Å². The van der Waals surface area contributed by atoms with Gasteiger partial charge in [0.15, 0.2) is 9.84 Å². The van der Waals surface area contributed by atoms with E-state index in [0.29, 0.717) is 0 Å². The molecule has 2 aliphatic rings. The molecule has 1 saturated carbocycles. The summed E-state index contributed by atoms with van der Waals surface area (Å²) in [5.41, 5.74) is 0.124. The minimum atomic E-state index is -2.84. The Hall–Kier alpha value is -0.0900. The van der Waals surface area contributed by atoms with E-state index in [1.165, 1.54) is 6.26 Å². The summed E-state index contributed by atoms with van der Waals surface area (Å²) in [6.07, 6.45) is 6.60. The summed E-state index contributed by atoms with van der Waals surface area (Å²) in [7, 11) is -2.84. The lowest BCUT2D eigenvalue weighted by Crippen LogP contribution is -2.44. The highest BCUT2D eigenvalue weighted by Gasteiger charge is 2.47. The van der Waals surface area contributed by atoms with Crippen molar-refractivity contribution in [2.75, 3.05) is 19.3 Å². The predicted molar refractivity (Wildman–Crippen MR) is 57.0 cm³/mol. The number of piperidine rings is 1. The van der Waals surface area contributed by atoms with Gasteiger partial charge in [0, 0.05) is 6.26 Å². The summed E-state index contributed by atoms with van der Waals surface area (Å²) in [6.45, 7) is 1.98. The molecule has 14 heavy (non-hydrogen) atoms. The first-order valence-electron chi connectivity index (χ1n) is 5.44. The van der Waals surface area contributed by atoms with Crippen LogP contribution < -0.4 is 5.32 Å². The third kappa shape index (κ3) is 1.70. The summed E-state index contributed by atoms with van der Waals surface area (Å²) < 4.78 is 23.4. The summed E-state index contributed by atoms with van der Waals surface area (Å²) in [5, 5.41) is 3.25. The maximum Gasteiger partial charge on any atom is 0.150 e. The summed E-state index contributed by atoms with van der Waals surface area (Å²) in [5.74, 6) is 0. The van der Waals surface area contributed by atoms with Crippen LogP contribution >= 0.6 is 0 Å². The molecule has 4 heteroatoms. The van der Waals surface area contributed by atoms with Crippen LogP contribution in [0.1, 0.15) is 32.1 Å². The van der Waals surface area contributed by atoms with Gasteiger partial charge in [-0.1, -0.05) is 6.42 Å². The van der Waals surface area contributed by atoms with Crippen LogP contribution in [-0.4, -0.2) is 33.0 Å². The van der Waals surface area contributed by atoms with Gasteiger partial charge >= 0.3 is 0 Å². The fraction of sp³-hybridized carbons (Fsp3) is 1.00. The summed E-state index contributed by atoms with van der Waals surface area (Å²) >= 11 is 0. The monoisotopic (exact) mass is 217 g/mol. The molecule has 0 radical (unpaired) electrons. The van der Waals surface area contributed by atoms with Crippen molar-refractivity contribution in [3.63, 3.8) is 0 Å². The lowest BCUT2D eigenvalue weighted by molar-refractivity contribution is 0.212. The Bertz CT molecular complexity index is 304. The largest absolute Gasteiger partial charge is 0.317 e. The molecule has 0 aromatic heterocycles. The van der Waals surface area contributed by atoms with Gasteiger partial charge < -0.3 is 5.32 Å². The van der Waals surface area contributed by atoms with Crippen LogP contribution in [0.5, 0.6) is 0 Å². The molecule has 2 fully saturated rings. The molecule has 1 aliphatic carbocycles. The highest BCUT2D eigenvalue weighted by Crippen LogP contribution is 2.48. The number of hydrogen-bond donors (Lipinski definition) is 1. The van der Waals surface area contributed by atoms with E-state index in [2.05, 4.69) is 5.32 Å². The number of sulfone groups is 1. The van der Waals surface area contributed by atoms with E-state index >= 15 is 0 Å². The summed E-state index contributed by atoms with van der Waals surface area (Å²) in [6, 6.07) is 0. The van der Waals surface area contributed by atoms with Gasteiger partial charge in [-0.05, 0) is 44.2 Å². The van der Waals surface area contributed by atoms with Crippen molar-refractivity contribution in [1.29, 1.82) is 0 Å². The molecular weight excluding hydrogens is 198 g/mol. The van der Waals surface area contributed by atoms with Gasteiger partial charge in [0.05, 0.1) is 5.25 Å². The topological polar surface area (TPSA) is 46.2 Å². The molecule has 0 bridgehead atoms. The maximum absolute atomic E-state index is 11.7. The standard InChI is InChI=1S/C10H19NO2S/c1-14(12,13)9-3-2-4-10(9)5-7-11-8-6-10/h9,11H,2-8H2,1H3. The van der Waals surface area contributed by atoms with Gasteiger partial charge in [0.1, 0.15) is 0 Å². The summed E-state index contributed by atoms with van der Waals surface area (Å²) in [4.78, 5) is 0. The van der Waals surface area contributed by atoms with Crippen LogP contribution in [0.25, 0.3) is 0 Å². The Balaban J connectivity index is 2.24. The average molecular weight is 217 g/mol. The van der Waals surface area contributed by atoms with Crippen LogP contribution in [-0.2, 0) is 9.84 Å².